The van der Waals surface area contributed by atoms with Crippen molar-refractivity contribution in [3.63, 3.8) is 0 Å². The number of nitrogens with zero attached hydrogens (tertiary/aromatic N) is 7. The van der Waals surface area contributed by atoms with Crippen molar-refractivity contribution < 1.29 is 32.7 Å². The van der Waals surface area contributed by atoms with Crippen molar-refractivity contribution in [2.24, 2.45) is 0 Å². The third-order valence-corrected chi connectivity index (χ3v) is 14.5. The van der Waals surface area contributed by atoms with Gasteiger partial charge in [-0.2, -0.15) is 0 Å². The molecule has 0 amide bonds. The van der Waals surface area contributed by atoms with E-state index in [2.05, 4.69) is 52.5 Å². The second-order valence-electron chi connectivity index (χ2n) is 17.4. The molecule has 1 atom stereocenters. The fourth-order valence-electron chi connectivity index (χ4n) is 8.24. The second kappa shape index (κ2) is 26.4. The molecule has 2 N–H and O–H groups in total. The number of aromatic nitrogens is 6. The lowest BCUT2D eigenvalue weighted by molar-refractivity contribution is -0.116. The van der Waals surface area contributed by atoms with Crippen LogP contribution in [0.2, 0.25) is 10.0 Å². The normalized spacial score (nSPS) is 13.6. The number of Topliss-reactive ketones (excluding diaryl/α,β-unsaturated/α-hetero) is 1. The predicted octanol–water partition coefficient (Wildman–Crippen LogP) is 12.1. The summed E-state index contributed by atoms with van der Waals surface area (Å²) in [7, 11) is -1.36. The van der Waals surface area contributed by atoms with Crippen LogP contribution in [0.3, 0.4) is 0 Å². The fraction of sp³-hybridized carbons (Fsp3) is 0.250. The number of hydrogen-bond acceptors (Lipinski definition) is 16. The standard InChI is InChI=1S/C29H28ClN5O2.C27H28ClN4O5P/c1-35-14-4-6-23(35)9-10-24(36)15-20-7-11-27-25(16-20)29(33-19-32-27)34-21-8-12-28(26(30)17-21)37-18-22-5-2-3-13-31-22;1-3-36-38(34,37-4-2)17-22(33)13-19-8-10-25-23(14-19)27(31-18-30-25)32-20-9-11-26(24(28)15-20)35-16-21-7-5-6-12-29-21/h2-3,5,7-13,16-17,19,23H,4,6,14-15,18H2,1H3,(H,32,33,34);5-12,14-15,18H,3-4,13,16-17H2,1-2H3,(H,30,31,32)/b10-9+;/t23-;/m0./s1. The summed E-state index contributed by atoms with van der Waals surface area (Å²) in [6, 6.07) is 33.8. The number of nitrogens with one attached hydrogen (secondary N) is 2. The van der Waals surface area contributed by atoms with Crippen LogP contribution >= 0.6 is 30.8 Å². The third kappa shape index (κ3) is 15.5. The molecular formula is C56H56Cl2N9O7P. The molecule has 1 fully saturated rings. The number of hydrogen-bond donors (Lipinski definition) is 2. The van der Waals surface area contributed by atoms with Crippen LogP contribution in [0.1, 0.15) is 49.2 Å². The zero-order valence-electron chi connectivity index (χ0n) is 41.7. The monoisotopic (exact) mass is 1070 g/mol. The number of rotatable bonds is 22. The first kappa shape index (κ1) is 54.1. The summed E-state index contributed by atoms with van der Waals surface area (Å²) >= 11 is 12.9. The molecule has 4 aromatic heterocycles. The molecule has 4 aromatic carbocycles. The Bertz CT molecular complexity index is 3310. The van der Waals surface area contributed by atoms with Crippen LogP contribution in [0.25, 0.3) is 21.8 Å². The summed E-state index contributed by atoms with van der Waals surface area (Å²) in [5, 5.41) is 9.06. The molecule has 0 saturated carbocycles. The Morgan fingerprint density at radius 1 is 0.680 bits per heavy atom. The Morgan fingerprint density at radius 2 is 1.21 bits per heavy atom. The third-order valence-electron chi connectivity index (χ3n) is 11.9. The lowest BCUT2D eigenvalue weighted by atomic mass is 10.0. The van der Waals surface area contributed by atoms with Crippen molar-refractivity contribution in [2.45, 2.75) is 58.8 Å². The molecule has 386 valence electrons. The maximum Gasteiger partial charge on any atom is 0.338 e. The number of likely N-dealkylation sites (tertiary alicyclic amines) is 1. The minimum absolute atomic E-state index is 0.0720. The van der Waals surface area contributed by atoms with Crippen molar-refractivity contribution >= 4 is 87.2 Å². The van der Waals surface area contributed by atoms with Crippen LogP contribution in [0.4, 0.5) is 23.0 Å². The highest BCUT2D eigenvalue weighted by atomic mass is 35.5. The predicted molar refractivity (Wildman–Crippen MR) is 294 cm³/mol. The molecule has 0 unspecified atom stereocenters. The summed E-state index contributed by atoms with van der Waals surface area (Å²) < 4.78 is 34.8. The van der Waals surface area contributed by atoms with Gasteiger partial charge in [0.05, 0.1) is 45.7 Å². The van der Waals surface area contributed by atoms with Crippen LogP contribution in [0.5, 0.6) is 11.5 Å². The summed E-state index contributed by atoms with van der Waals surface area (Å²) in [5.41, 5.74) is 6.23. The quantitative estimate of drug-likeness (QED) is 0.0480. The molecule has 9 rings (SSSR count). The number of likely N-dealkylation sites (N-methyl/N-ethyl adjacent to an activating group) is 1. The Hall–Kier alpha value is -7.17. The average Bonchev–Trinajstić information content (AvgIpc) is 3.82. The molecule has 1 aliphatic rings. The van der Waals surface area contributed by atoms with Gasteiger partial charge in [-0.25, -0.2) is 19.9 Å². The molecular weight excluding hydrogens is 1010 g/mol. The number of ether oxygens (including phenoxy) is 2. The Morgan fingerprint density at radius 3 is 1.68 bits per heavy atom. The van der Waals surface area contributed by atoms with Crippen LogP contribution in [0, 0.1) is 0 Å². The number of pyridine rings is 2. The van der Waals surface area contributed by atoms with Gasteiger partial charge >= 0.3 is 7.60 Å². The fourth-order valence-corrected chi connectivity index (χ4v) is 10.3. The molecule has 1 saturated heterocycles. The van der Waals surface area contributed by atoms with Crippen molar-refractivity contribution in [1.29, 1.82) is 0 Å². The van der Waals surface area contributed by atoms with Crippen molar-refractivity contribution in [3.8, 4) is 11.5 Å². The summed E-state index contributed by atoms with van der Waals surface area (Å²) in [6.07, 6.45) is 12.6. The van der Waals surface area contributed by atoms with Gasteiger partial charge in [0.1, 0.15) is 60.9 Å². The van der Waals surface area contributed by atoms with E-state index in [4.69, 9.17) is 41.7 Å². The largest absolute Gasteiger partial charge is 0.486 e. The van der Waals surface area contributed by atoms with Gasteiger partial charge in [-0.1, -0.05) is 53.5 Å². The van der Waals surface area contributed by atoms with Crippen LogP contribution in [-0.4, -0.2) is 85.4 Å². The Kier molecular flexibility index (Phi) is 19.0. The highest BCUT2D eigenvalue weighted by Crippen LogP contribution is 2.48. The summed E-state index contributed by atoms with van der Waals surface area (Å²) in [5.74, 6) is 2.14. The van der Waals surface area contributed by atoms with Crippen molar-refractivity contribution in [2.75, 3.05) is 43.6 Å². The number of halogens is 2. The van der Waals surface area contributed by atoms with Gasteiger partial charge in [-0.3, -0.25) is 29.0 Å². The van der Waals surface area contributed by atoms with E-state index >= 15 is 0 Å². The van der Waals surface area contributed by atoms with Gasteiger partial charge in [0.25, 0.3) is 0 Å². The molecule has 1 aliphatic heterocycles. The molecule has 8 aromatic rings. The van der Waals surface area contributed by atoms with Crippen molar-refractivity contribution in [1.82, 2.24) is 34.8 Å². The van der Waals surface area contributed by atoms with Gasteiger partial charge in [-0.05, 0) is 142 Å². The highest BCUT2D eigenvalue weighted by Gasteiger charge is 2.27. The van der Waals surface area contributed by atoms with E-state index in [-0.39, 0.29) is 37.4 Å². The summed E-state index contributed by atoms with van der Waals surface area (Å²) in [4.78, 5) is 53.6. The topological polar surface area (TPSA) is 193 Å². The zero-order valence-corrected chi connectivity index (χ0v) is 44.1. The lowest BCUT2D eigenvalue weighted by Gasteiger charge is -2.16. The molecule has 0 spiro atoms. The first-order valence-electron chi connectivity index (χ1n) is 24.4. The molecule has 0 bridgehead atoms. The first-order chi connectivity index (χ1) is 36.4. The molecule has 19 heteroatoms. The zero-order chi connectivity index (χ0) is 52.6. The highest BCUT2D eigenvalue weighted by molar-refractivity contribution is 7.54. The maximum atomic E-state index is 12.7. The van der Waals surface area contributed by atoms with E-state index in [9.17, 15) is 14.2 Å². The molecule has 0 aliphatic carbocycles. The summed E-state index contributed by atoms with van der Waals surface area (Å²) in [6.45, 7) is 5.54. The van der Waals surface area contributed by atoms with Gasteiger partial charge in [-0.15, -0.1) is 0 Å². The number of benzene rings is 4. The van der Waals surface area contributed by atoms with E-state index in [0.29, 0.717) is 70.1 Å². The lowest BCUT2D eigenvalue weighted by Crippen LogP contribution is -2.22. The second-order valence-corrected chi connectivity index (χ2v) is 20.3. The van der Waals surface area contributed by atoms with E-state index in [1.807, 2.05) is 97.1 Å². The number of carbonyl (C=O) groups is 2. The maximum absolute atomic E-state index is 12.7. The molecule has 5 heterocycles. The molecule has 0 radical (unpaired) electrons. The number of allylic oxidation sites excluding steroid dienone is 1. The molecule has 75 heavy (non-hydrogen) atoms. The van der Waals surface area contributed by atoms with E-state index in [1.165, 1.54) is 19.1 Å². The first-order valence-corrected chi connectivity index (χ1v) is 26.9. The van der Waals surface area contributed by atoms with E-state index < -0.39 is 7.60 Å². The smallest absolute Gasteiger partial charge is 0.338 e. The van der Waals surface area contributed by atoms with E-state index in [0.717, 1.165) is 57.5 Å². The number of anilines is 4. The minimum Gasteiger partial charge on any atom is -0.486 e. The number of ketones is 2. The van der Waals surface area contributed by atoms with E-state index in [1.54, 1.807) is 50.5 Å². The molecule has 16 nitrogen and oxygen atoms in total. The minimum atomic E-state index is -3.46. The van der Waals surface area contributed by atoms with Crippen LogP contribution in [0.15, 0.2) is 146 Å². The van der Waals surface area contributed by atoms with Gasteiger partial charge in [0.15, 0.2) is 5.78 Å². The number of carbonyl (C=O) groups excluding carboxylic acids is 2. The number of fused-ring (bicyclic) bond motifs is 2. The van der Waals surface area contributed by atoms with Gasteiger partial charge in [0, 0.05) is 53.4 Å². The average molecular weight is 1070 g/mol. The van der Waals surface area contributed by atoms with Crippen LogP contribution < -0.4 is 20.1 Å². The van der Waals surface area contributed by atoms with Crippen molar-refractivity contribution in [3.05, 3.63) is 179 Å². The SMILES string of the molecule is CCOP(=O)(CC(=O)Cc1ccc2ncnc(Nc3ccc(OCc4ccccn4)c(Cl)c3)c2c1)OCC.CN1CCC[C@H]1/C=C/C(=O)Cc1ccc2ncnc(Nc3ccc(OCc4ccccn4)c(Cl)c3)c2c1. The van der Waals surface area contributed by atoms with Gasteiger partial charge in [0.2, 0.25) is 0 Å². The Labute approximate surface area is 445 Å². The Balaban J connectivity index is 0.000000199. The van der Waals surface area contributed by atoms with Crippen LogP contribution in [-0.2, 0) is 49.3 Å². The van der Waals surface area contributed by atoms with Gasteiger partial charge < -0.3 is 29.2 Å².